The first-order valence-corrected chi connectivity index (χ1v) is 13.1. The molecular weight excluding hydrogens is 451 g/mol. The molecule has 11 heteroatoms. The fraction of sp³-hybridized carbons (Fsp3) is 0.864. The molecule has 190 valence electrons. The van der Waals surface area contributed by atoms with Crippen LogP contribution in [-0.2, 0) is 32.9 Å². The molecule has 0 aromatic carbocycles. The number of rotatable bonds is 8. The zero-order valence-electron chi connectivity index (χ0n) is 20.6. The van der Waals surface area contributed by atoms with Crippen LogP contribution < -0.4 is 10.4 Å². The van der Waals surface area contributed by atoms with Crippen molar-refractivity contribution in [3.05, 3.63) is 0 Å². The molecule has 0 aromatic heterocycles. The number of methoxy groups -OCH3 is 1. The van der Waals surface area contributed by atoms with Crippen LogP contribution in [-0.4, -0.2) is 60.7 Å². The first kappa shape index (κ1) is 27.9. The number of carbonyl (C=O) groups excluding carboxylic acids is 3. The van der Waals surface area contributed by atoms with E-state index in [0.717, 1.165) is 32.1 Å². The Morgan fingerprint density at radius 2 is 1.82 bits per heavy atom. The number of carbonyl (C=O) groups is 3. The molecule has 1 saturated carbocycles. The van der Waals surface area contributed by atoms with Crippen molar-refractivity contribution in [3.8, 4) is 0 Å². The maximum Gasteiger partial charge on any atom is 0.500 e. The molecule has 10 nitrogen and oxygen atoms in total. The van der Waals surface area contributed by atoms with Crippen molar-refractivity contribution in [2.45, 2.75) is 90.9 Å². The number of esters is 2. The average Bonchev–Trinajstić information content (AvgIpc) is 2.73. The molecule has 1 amide bonds. The standard InChI is InChI=1S/C22H39N2O8P/c1-21(2,3)31-20(27)17(15-10-8-7-9-11-15)24-33(28)30-14-22(4,5)18(32-33)19(26)23-13-12-16(25)29-6/h15,17-18,24,28H,7-14H2,1-6H3/p+1/t17-,18-,33?/m0/s1. The Hall–Kier alpha value is -1.32. The van der Waals surface area contributed by atoms with E-state index in [2.05, 4.69) is 15.1 Å². The van der Waals surface area contributed by atoms with Gasteiger partial charge in [-0.3, -0.25) is 14.4 Å². The predicted molar refractivity (Wildman–Crippen MR) is 123 cm³/mol. The number of ether oxygens (including phenoxy) is 2. The van der Waals surface area contributed by atoms with Crippen molar-refractivity contribution in [1.82, 2.24) is 10.4 Å². The number of hydrogen-bond donors (Lipinski definition) is 3. The van der Waals surface area contributed by atoms with Crippen LogP contribution in [0.3, 0.4) is 0 Å². The highest BCUT2D eigenvalue weighted by atomic mass is 31.2. The predicted octanol–water partition coefficient (Wildman–Crippen LogP) is 2.66. The highest BCUT2D eigenvalue weighted by molar-refractivity contribution is 7.58. The van der Waals surface area contributed by atoms with Crippen molar-refractivity contribution in [2.75, 3.05) is 20.3 Å². The fourth-order valence-electron chi connectivity index (χ4n) is 3.96. The lowest BCUT2D eigenvalue weighted by molar-refractivity contribution is -0.159. The van der Waals surface area contributed by atoms with Gasteiger partial charge in [0.2, 0.25) is 0 Å². The summed E-state index contributed by atoms with van der Waals surface area (Å²) in [4.78, 5) is 48.4. The van der Waals surface area contributed by atoms with E-state index in [4.69, 9.17) is 13.8 Å². The topological polar surface area (TPSA) is 132 Å². The number of nitrogens with one attached hydrogen (secondary N) is 2. The quantitative estimate of drug-likeness (QED) is 0.346. The normalized spacial score (nSPS) is 26.8. The number of hydrogen-bond acceptors (Lipinski definition) is 9. The summed E-state index contributed by atoms with van der Waals surface area (Å²) < 4.78 is 21.7. The van der Waals surface area contributed by atoms with Crippen molar-refractivity contribution in [3.63, 3.8) is 0 Å². The Kier molecular flexibility index (Phi) is 9.65. The van der Waals surface area contributed by atoms with Crippen LogP contribution in [0.25, 0.3) is 0 Å². The van der Waals surface area contributed by atoms with E-state index < -0.39 is 49.1 Å². The molecule has 1 aliphatic heterocycles. The molecule has 0 radical (unpaired) electrons. The van der Waals surface area contributed by atoms with Gasteiger partial charge >= 0.3 is 20.0 Å². The second-order valence-electron chi connectivity index (χ2n) is 10.4. The zero-order valence-corrected chi connectivity index (χ0v) is 21.5. The van der Waals surface area contributed by atoms with Crippen LogP contribution in [0.4, 0.5) is 0 Å². The lowest BCUT2D eigenvalue weighted by Crippen LogP contribution is -2.54. The summed E-state index contributed by atoms with van der Waals surface area (Å²) in [6.45, 7) is 9.06. The molecule has 3 N–H and O–H groups in total. The summed E-state index contributed by atoms with van der Waals surface area (Å²) in [7, 11) is -2.48. The Morgan fingerprint density at radius 3 is 2.39 bits per heavy atom. The van der Waals surface area contributed by atoms with Gasteiger partial charge in [-0.15, -0.1) is 9.61 Å². The van der Waals surface area contributed by atoms with Crippen molar-refractivity contribution in [2.24, 2.45) is 11.3 Å². The first-order valence-electron chi connectivity index (χ1n) is 11.6. The molecular formula is C22H40N2O8P+. The van der Waals surface area contributed by atoms with Gasteiger partial charge in [-0.1, -0.05) is 33.1 Å². The van der Waals surface area contributed by atoms with E-state index in [1.165, 1.54) is 7.11 Å². The molecule has 1 aliphatic carbocycles. The summed E-state index contributed by atoms with van der Waals surface area (Å²) in [6.07, 6.45) is 3.70. The van der Waals surface area contributed by atoms with Crippen LogP contribution in [0.15, 0.2) is 0 Å². The van der Waals surface area contributed by atoms with Gasteiger partial charge in [0.05, 0.1) is 13.5 Å². The Morgan fingerprint density at radius 1 is 1.18 bits per heavy atom. The smallest absolute Gasteiger partial charge is 0.469 e. The molecule has 0 spiro atoms. The summed E-state index contributed by atoms with van der Waals surface area (Å²) in [5.41, 5.74) is -1.43. The molecule has 0 aromatic rings. The molecule has 1 heterocycles. The van der Waals surface area contributed by atoms with Gasteiger partial charge in [0, 0.05) is 12.0 Å². The molecule has 33 heavy (non-hydrogen) atoms. The Labute approximate surface area is 197 Å². The minimum atomic E-state index is -3.76. The van der Waals surface area contributed by atoms with E-state index in [1.54, 1.807) is 34.6 Å². The Bertz CT molecular complexity index is 705. The minimum Gasteiger partial charge on any atom is -0.469 e. The highest BCUT2D eigenvalue weighted by Gasteiger charge is 2.59. The summed E-state index contributed by atoms with van der Waals surface area (Å²) >= 11 is 0. The highest BCUT2D eigenvalue weighted by Crippen LogP contribution is 2.60. The molecule has 0 bridgehead atoms. The van der Waals surface area contributed by atoms with Gasteiger partial charge in [-0.2, -0.15) is 9.42 Å². The van der Waals surface area contributed by atoms with Crippen LogP contribution in [0.2, 0.25) is 0 Å². The van der Waals surface area contributed by atoms with Crippen LogP contribution in [0.1, 0.15) is 73.1 Å². The summed E-state index contributed by atoms with van der Waals surface area (Å²) in [5.74, 6) is -1.43. The molecule has 1 unspecified atom stereocenters. The minimum absolute atomic E-state index is 0.0198. The van der Waals surface area contributed by atoms with E-state index in [0.29, 0.717) is 0 Å². The summed E-state index contributed by atoms with van der Waals surface area (Å²) in [6, 6.07) is -0.813. The Balaban J connectivity index is 2.14. The first-order chi connectivity index (χ1) is 15.3. The van der Waals surface area contributed by atoms with Gasteiger partial charge in [-0.05, 0) is 39.5 Å². The van der Waals surface area contributed by atoms with Crippen molar-refractivity contribution >= 4 is 25.9 Å². The second kappa shape index (κ2) is 11.4. The van der Waals surface area contributed by atoms with E-state index in [9.17, 15) is 19.3 Å². The van der Waals surface area contributed by atoms with Crippen molar-refractivity contribution in [1.29, 1.82) is 0 Å². The van der Waals surface area contributed by atoms with Crippen molar-refractivity contribution < 1.29 is 37.8 Å². The lowest BCUT2D eigenvalue weighted by atomic mass is 9.84. The van der Waals surface area contributed by atoms with E-state index in [1.807, 2.05) is 0 Å². The molecule has 2 rings (SSSR count). The third-order valence-corrected chi connectivity index (χ3v) is 7.33. The molecule has 1 saturated heterocycles. The largest absolute Gasteiger partial charge is 0.500 e. The van der Waals surface area contributed by atoms with Crippen LogP contribution >= 0.6 is 8.09 Å². The summed E-state index contributed by atoms with van der Waals surface area (Å²) in [5, 5.41) is 5.57. The zero-order chi connectivity index (χ0) is 24.9. The maximum atomic E-state index is 13.0. The number of amides is 1. The van der Waals surface area contributed by atoms with Gasteiger partial charge in [0.25, 0.3) is 5.91 Å². The second-order valence-corrected chi connectivity index (χ2v) is 12.2. The molecule has 3 atom stereocenters. The van der Waals surface area contributed by atoms with Gasteiger partial charge in [0.1, 0.15) is 18.2 Å². The SMILES string of the molecule is COC(=O)CCNC(=O)[C@@H]1O[P+](O)(N[C@H](C(=O)OC(C)(C)C)C2CCCCC2)OCC1(C)C. The van der Waals surface area contributed by atoms with Crippen LogP contribution in [0.5, 0.6) is 0 Å². The van der Waals surface area contributed by atoms with Gasteiger partial charge in [0.15, 0.2) is 6.10 Å². The third-order valence-electron chi connectivity index (χ3n) is 5.75. The molecule has 2 fully saturated rings. The average molecular weight is 492 g/mol. The fourth-order valence-corrected chi connectivity index (χ4v) is 6.00. The van der Waals surface area contributed by atoms with E-state index in [-0.39, 0.29) is 25.5 Å². The molecule has 2 aliphatic rings. The third kappa shape index (κ3) is 8.44. The van der Waals surface area contributed by atoms with Gasteiger partial charge in [-0.25, -0.2) is 0 Å². The van der Waals surface area contributed by atoms with Crippen LogP contribution in [0, 0.1) is 11.3 Å². The van der Waals surface area contributed by atoms with Gasteiger partial charge < -0.3 is 14.8 Å². The monoisotopic (exact) mass is 491 g/mol. The lowest BCUT2D eigenvalue weighted by Gasteiger charge is -2.39. The van der Waals surface area contributed by atoms with E-state index >= 15 is 0 Å². The maximum absolute atomic E-state index is 13.0.